The maximum Gasteiger partial charge on any atom is 0.315 e. The quantitative estimate of drug-likeness (QED) is 0.687. The Balaban J connectivity index is 1.78. The molecule has 3 N–H and O–H groups in total. The molecular formula is C23H31N3O2. The van der Waals surface area contributed by atoms with Crippen LogP contribution in [0.3, 0.4) is 0 Å². The lowest BCUT2D eigenvalue weighted by molar-refractivity contribution is -0.114. The second-order valence-corrected chi connectivity index (χ2v) is 8.12. The van der Waals surface area contributed by atoms with E-state index in [2.05, 4.69) is 61.0 Å². The Labute approximate surface area is 167 Å². The fourth-order valence-corrected chi connectivity index (χ4v) is 2.88. The van der Waals surface area contributed by atoms with Crippen molar-refractivity contribution < 1.29 is 9.59 Å². The standard InChI is InChI=1S/C23H31N3O2/c1-16(19-8-10-20(11-9-19)23(3,4)5)25-22(28)24-15-14-18-6-12-21(13-7-18)26-17(2)27/h6-13,16H,14-15H2,1-5H3,(H,26,27)(H2,24,25,28). The Morgan fingerprint density at radius 2 is 1.57 bits per heavy atom. The highest BCUT2D eigenvalue weighted by Crippen LogP contribution is 2.23. The minimum atomic E-state index is -0.178. The number of hydrogen-bond donors (Lipinski definition) is 3. The van der Waals surface area contributed by atoms with Gasteiger partial charge in [-0.05, 0) is 47.6 Å². The molecule has 0 fully saturated rings. The third-order valence-electron chi connectivity index (χ3n) is 4.60. The van der Waals surface area contributed by atoms with E-state index in [-0.39, 0.29) is 23.4 Å². The van der Waals surface area contributed by atoms with Crippen LogP contribution in [-0.4, -0.2) is 18.5 Å². The summed E-state index contributed by atoms with van der Waals surface area (Å²) >= 11 is 0. The van der Waals surface area contributed by atoms with E-state index >= 15 is 0 Å². The Hall–Kier alpha value is -2.82. The molecule has 0 saturated heterocycles. The molecule has 0 aliphatic carbocycles. The lowest BCUT2D eigenvalue weighted by Crippen LogP contribution is -2.38. The highest BCUT2D eigenvalue weighted by Gasteiger charge is 2.14. The van der Waals surface area contributed by atoms with Crippen molar-refractivity contribution in [3.63, 3.8) is 0 Å². The van der Waals surface area contributed by atoms with E-state index in [0.29, 0.717) is 6.54 Å². The summed E-state index contributed by atoms with van der Waals surface area (Å²) in [6.07, 6.45) is 0.725. The summed E-state index contributed by atoms with van der Waals surface area (Å²) in [7, 11) is 0. The van der Waals surface area contributed by atoms with E-state index in [1.54, 1.807) is 0 Å². The van der Waals surface area contributed by atoms with Gasteiger partial charge in [0.25, 0.3) is 0 Å². The molecule has 0 saturated carbocycles. The molecular weight excluding hydrogens is 350 g/mol. The first-order valence-corrected chi connectivity index (χ1v) is 9.66. The first-order valence-electron chi connectivity index (χ1n) is 9.66. The maximum absolute atomic E-state index is 12.1. The number of carbonyl (C=O) groups excluding carboxylic acids is 2. The monoisotopic (exact) mass is 381 g/mol. The number of anilines is 1. The summed E-state index contributed by atoms with van der Waals surface area (Å²) in [5.74, 6) is -0.0896. The van der Waals surface area contributed by atoms with Crippen molar-refractivity contribution in [2.45, 2.75) is 52.5 Å². The van der Waals surface area contributed by atoms with Crippen molar-refractivity contribution in [2.24, 2.45) is 0 Å². The first kappa shape index (κ1) is 21.5. The van der Waals surface area contributed by atoms with Crippen molar-refractivity contribution in [2.75, 3.05) is 11.9 Å². The molecule has 2 aromatic rings. The molecule has 2 rings (SSSR count). The molecule has 1 unspecified atom stereocenters. The molecule has 28 heavy (non-hydrogen) atoms. The second kappa shape index (κ2) is 9.40. The van der Waals surface area contributed by atoms with Crippen molar-refractivity contribution in [3.05, 3.63) is 65.2 Å². The molecule has 1 atom stereocenters. The second-order valence-electron chi connectivity index (χ2n) is 8.12. The van der Waals surface area contributed by atoms with E-state index in [1.165, 1.54) is 12.5 Å². The summed E-state index contributed by atoms with van der Waals surface area (Å²) < 4.78 is 0. The number of urea groups is 1. The van der Waals surface area contributed by atoms with E-state index in [4.69, 9.17) is 0 Å². The molecule has 0 aromatic heterocycles. The van der Waals surface area contributed by atoms with Gasteiger partial charge >= 0.3 is 6.03 Å². The Morgan fingerprint density at radius 1 is 0.964 bits per heavy atom. The fourth-order valence-electron chi connectivity index (χ4n) is 2.88. The van der Waals surface area contributed by atoms with E-state index in [9.17, 15) is 9.59 Å². The van der Waals surface area contributed by atoms with Crippen LogP contribution < -0.4 is 16.0 Å². The smallest absolute Gasteiger partial charge is 0.315 e. The Morgan fingerprint density at radius 3 is 2.11 bits per heavy atom. The minimum Gasteiger partial charge on any atom is -0.338 e. The molecule has 2 aromatic carbocycles. The molecule has 3 amide bonds. The lowest BCUT2D eigenvalue weighted by atomic mass is 9.86. The largest absolute Gasteiger partial charge is 0.338 e. The molecule has 0 radical (unpaired) electrons. The zero-order valence-corrected chi connectivity index (χ0v) is 17.4. The van der Waals surface area contributed by atoms with Crippen LogP contribution in [0.25, 0.3) is 0 Å². The summed E-state index contributed by atoms with van der Waals surface area (Å²) in [5.41, 5.74) is 4.34. The Bertz CT molecular complexity index is 790. The zero-order chi connectivity index (χ0) is 20.7. The highest BCUT2D eigenvalue weighted by atomic mass is 16.2. The van der Waals surface area contributed by atoms with Gasteiger partial charge in [0.1, 0.15) is 0 Å². The van der Waals surface area contributed by atoms with E-state index < -0.39 is 0 Å². The van der Waals surface area contributed by atoms with Gasteiger partial charge in [-0.2, -0.15) is 0 Å². The van der Waals surface area contributed by atoms with Crippen LogP contribution in [0.15, 0.2) is 48.5 Å². The van der Waals surface area contributed by atoms with Crippen LogP contribution in [0, 0.1) is 0 Å². The van der Waals surface area contributed by atoms with Gasteiger partial charge in [0.2, 0.25) is 5.91 Å². The number of hydrogen-bond acceptors (Lipinski definition) is 2. The van der Waals surface area contributed by atoms with E-state index in [1.807, 2.05) is 31.2 Å². The SMILES string of the molecule is CC(=O)Nc1ccc(CCNC(=O)NC(C)c2ccc(C(C)(C)C)cc2)cc1. The third kappa shape index (κ3) is 6.72. The number of nitrogens with one attached hydrogen (secondary N) is 3. The van der Waals surface area contributed by atoms with Gasteiger partial charge in [-0.3, -0.25) is 4.79 Å². The molecule has 5 heteroatoms. The fraction of sp³-hybridized carbons (Fsp3) is 0.391. The molecule has 0 bridgehead atoms. The van der Waals surface area contributed by atoms with Gasteiger partial charge in [0.15, 0.2) is 0 Å². The van der Waals surface area contributed by atoms with Crippen molar-refractivity contribution in [3.8, 4) is 0 Å². The van der Waals surface area contributed by atoms with Gasteiger partial charge in [-0.25, -0.2) is 4.79 Å². The average molecular weight is 382 g/mol. The topological polar surface area (TPSA) is 70.2 Å². The van der Waals surface area contributed by atoms with Gasteiger partial charge in [-0.15, -0.1) is 0 Å². The first-order chi connectivity index (χ1) is 13.1. The number of amides is 3. The van der Waals surface area contributed by atoms with Crippen molar-refractivity contribution >= 4 is 17.6 Å². The van der Waals surface area contributed by atoms with Crippen LogP contribution >= 0.6 is 0 Å². The van der Waals surface area contributed by atoms with Crippen molar-refractivity contribution in [1.82, 2.24) is 10.6 Å². The maximum atomic E-state index is 12.1. The summed E-state index contributed by atoms with van der Waals surface area (Å²) in [4.78, 5) is 23.2. The molecule has 150 valence electrons. The van der Waals surface area contributed by atoms with Crippen LogP contribution in [-0.2, 0) is 16.6 Å². The van der Waals surface area contributed by atoms with Crippen LogP contribution in [0.5, 0.6) is 0 Å². The third-order valence-corrected chi connectivity index (χ3v) is 4.60. The summed E-state index contributed by atoms with van der Waals surface area (Å²) in [6.45, 7) is 10.6. The van der Waals surface area contributed by atoms with Crippen LogP contribution in [0.1, 0.15) is 57.4 Å². The Kier molecular flexibility index (Phi) is 7.21. The number of rotatable bonds is 6. The molecule has 0 spiro atoms. The van der Waals surface area contributed by atoms with Crippen LogP contribution in [0.4, 0.5) is 10.5 Å². The zero-order valence-electron chi connectivity index (χ0n) is 17.4. The predicted molar refractivity (Wildman–Crippen MR) is 115 cm³/mol. The summed E-state index contributed by atoms with van der Waals surface area (Å²) in [5, 5.41) is 8.60. The van der Waals surface area contributed by atoms with E-state index in [0.717, 1.165) is 23.2 Å². The normalized spacial score (nSPS) is 12.2. The highest BCUT2D eigenvalue weighted by molar-refractivity contribution is 5.88. The number of benzene rings is 2. The van der Waals surface area contributed by atoms with Gasteiger partial charge in [0.05, 0.1) is 6.04 Å². The molecule has 0 heterocycles. The van der Waals surface area contributed by atoms with Crippen LogP contribution in [0.2, 0.25) is 0 Å². The lowest BCUT2D eigenvalue weighted by Gasteiger charge is -2.21. The predicted octanol–water partition coefficient (Wildman–Crippen LogP) is 4.55. The molecule has 0 aliphatic heterocycles. The van der Waals surface area contributed by atoms with Crippen molar-refractivity contribution in [1.29, 1.82) is 0 Å². The average Bonchev–Trinajstić information content (AvgIpc) is 2.62. The van der Waals surface area contributed by atoms with Gasteiger partial charge in [0, 0.05) is 19.2 Å². The number of carbonyl (C=O) groups is 2. The minimum absolute atomic E-state index is 0.0639. The summed E-state index contributed by atoms with van der Waals surface area (Å²) in [6, 6.07) is 15.8. The van der Waals surface area contributed by atoms with Gasteiger partial charge < -0.3 is 16.0 Å². The van der Waals surface area contributed by atoms with Gasteiger partial charge in [-0.1, -0.05) is 57.2 Å². The molecule has 5 nitrogen and oxygen atoms in total. The molecule has 0 aliphatic rings.